The number of pyridine rings is 1. The van der Waals surface area contributed by atoms with Gasteiger partial charge in [0.05, 0.1) is 0 Å². The fourth-order valence-corrected chi connectivity index (χ4v) is 2.54. The zero-order valence-corrected chi connectivity index (χ0v) is 13.3. The summed E-state index contributed by atoms with van der Waals surface area (Å²) in [5.74, 6) is 0.702. The van der Waals surface area contributed by atoms with Gasteiger partial charge in [-0.25, -0.2) is 9.78 Å². The van der Waals surface area contributed by atoms with Gasteiger partial charge in [0.2, 0.25) is 0 Å². The van der Waals surface area contributed by atoms with Crippen molar-refractivity contribution >= 4 is 11.9 Å². The molecule has 1 unspecified atom stereocenters. The average Bonchev–Trinajstić information content (AvgIpc) is 2.92. The molecule has 1 fully saturated rings. The molecule has 1 N–H and O–H groups in total. The minimum Gasteiger partial charge on any atom is -0.443 e. The second-order valence-electron chi connectivity index (χ2n) is 6.29. The Morgan fingerprint density at radius 2 is 2.29 bits per heavy atom. The third-order valence-corrected chi connectivity index (χ3v) is 3.44. The lowest BCUT2D eigenvalue weighted by Crippen LogP contribution is -2.38. The lowest BCUT2D eigenvalue weighted by molar-refractivity contribution is 0.0581. The first kappa shape index (κ1) is 15.8. The molecule has 0 radical (unpaired) electrons. The fraction of sp³-hybridized carbons (Fsp3) is 0.625. The summed E-state index contributed by atoms with van der Waals surface area (Å²) in [5.41, 5.74) is 0.563. The highest BCUT2D eigenvalue weighted by molar-refractivity contribution is 5.87. The topological polar surface area (TPSA) is 54.5 Å². The van der Waals surface area contributed by atoms with E-state index in [2.05, 4.69) is 10.3 Å². The smallest absolute Gasteiger partial charge is 0.415 e. The van der Waals surface area contributed by atoms with Crippen molar-refractivity contribution in [2.24, 2.45) is 0 Å². The molecule has 0 aromatic carbocycles. The molecule has 5 heteroatoms. The standard InChI is InChI=1S/C16H25N3O2/c1-5-19(15(20)21-16(2,3)4)14-12(8-6-11-18-14)13-9-7-10-17-13/h6,8,11,13,17H,5,7,9-10H2,1-4H3. The van der Waals surface area contributed by atoms with Gasteiger partial charge < -0.3 is 10.1 Å². The predicted molar refractivity (Wildman–Crippen MR) is 83.5 cm³/mol. The summed E-state index contributed by atoms with van der Waals surface area (Å²) >= 11 is 0. The molecule has 1 saturated heterocycles. The van der Waals surface area contributed by atoms with Crippen molar-refractivity contribution in [1.82, 2.24) is 10.3 Å². The van der Waals surface area contributed by atoms with Crippen LogP contribution in [-0.4, -0.2) is 29.8 Å². The fourth-order valence-electron chi connectivity index (χ4n) is 2.54. The van der Waals surface area contributed by atoms with Crippen LogP contribution in [0.2, 0.25) is 0 Å². The van der Waals surface area contributed by atoms with E-state index in [1.165, 1.54) is 0 Å². The zero-order valence-electron chi connectivity index (χ0n) is 13.3. The van der Waals surface area contributed by atoms with Crippen LogP contribution in [0.4, 0.5) is 10.6 Å². The minimum absolute atomic E-state index is 0.269. The van der Waals surface area contributed by atoms with Crippen molar-refractivity contribution in [3.8, 4) is 0 Å². The first-order chi connectivity index (χ1) is 9.92. The second kappa shape index (κ2) is 6.43. The van der Waals surface area contributed by atoms with Gasteiger partial charge in [-0.05, 0) is 53.1 Å². The number of nitrogens with one attached hydrogen (secondary N) is 1. The molecule has 1 aromatic rings. The van der Waals surface area contributed by atoms with E-state index in [1.807, 2.05) is 39.8 Å². The summed E-state index contributed by atoms with van der Waals surface area (Å²) in [6.07, 6.45) is 3.60. The molecular weight excluding hydrogens is 266 g/mol. The SMILES string of the molecule is CCN(C(=O)OC(C)(C)C)c1ncccc1C1CCCN1. The number of hydrogen-bond donors (Lipinski definition) is 1. The van der Waals surface area contributed by atoms with Crippen molar-refractivity contribution < 1.29 is 9.53 Å². The normalized spacial score (nSPS) is 18.6. The van der Waals surface area contributed by atoms with Crippen molar-refractivity contribution in [3.05, 3.63) is 23.9 Å². The molecule has 0 saturated carbocycles. The lowest BCUT2D eigenvalue weighted by atomic mass is 10.1. The Balaban J connectivity index is 2.27. The molecule has 1 amide bonds. The van der Waals surface area contributed by atoms with Crippen LogP contribution in [0.15, 0.2) is 18.3 Å². The Bertz CT molecular complexity index is 491. The van der Waals surface area contributed by atoms with E-state index >= 15 is 0 Å². The number of nitrogens with zero attached hydrogens (tertiary/aromatic N) is 2. The van der Waals surface area contributed by atoms with E-state index in [-0.39, 0.29) is 12.1 Å². The summed E-state index contributed by atoms with van der Waals surface area (Å²) in [7, 11) is 0. The van der Waals surface area contributed by atoms with Crippen LogP contribution in [0.3, 0.4) is 0 Å². The maximum absolute atomic E-state index is 12.4. The first-order valence-corrected chi connectivity index (χ1v) is 7.61. The maximum Gasteiger partial charge on any atom is 0.415 e. The second-order valence-corrected chi connectivity index (χ2v) is 6.29. The molecule has 1 aliphatic rings. The average molecular weight is 291 g/mol. The van der Waals surface area contributed by atoms with Crippen LogP contribution < -0.4 is 10.2 Å². The van der Waals surface area contributed by atoms with Gasteiger partial charge in [0.15, 0.2) is 0 Å². The van der Waals surface area contributed by atoms with Crippen LogP contribution in [0.5, 0.6) is 0 Å². The summed E-state index contributed by atoms with van der Waals surface area (Å²) in [6.45, 7) is 9.09. The lowest BCUT2D eigenvalue weighted by Gasteiger charge is -2.28. The van der Waals surface area contributed by atoms with Crippen molar-refractivity contribution in [2.45, 2.75) is 52.2 Å². The molecule has 2 heterocycles. The maximum atomic E-state index is 12.4. The zero-order chi connectivity index (χ0) is 15.5. The van der Waals surface area contributed by atoms with E-state index in [0.29, 0.717) is 12.4 Å². The largest absolute Gasteiger partial charge is 0.443 e. The van der Waals surface area contributed by atoms with E-state index in [4.69, 9.17) is 4.74 Å². The number of carbonyl (C=O) groups is 1. The Hall–Kier alpha value is -1.62. The van der Waals surface area contributed by atoms with Crippen molar-refractivity contribution in [1.29, 1.82) is 0 Å². The van der Waals surface area contributed by atoms with Gasteiger partial charge in [0.25, 0.3) is 0 Å². The van der Waals surface area contributed by atoms with Crippen LogP contribution in [0.1, 0.15) is 52.1 Å². The Morgan fingerprint density at radius 1 is 1.52 bits per heavy atom. The third-order valence-electron chi connectivity index (χ3n) is 3.44. The number of anilines is 1. The van der Waals surface area contributed by atoms with E-state index < -0.39 is 5.60 Å². The predicted octanol–water partition coefficient (Wildman–Crippen LogP) is 3.27. The van der Waals surface area contributed by atoms with Crippen molar-refractivity contribution in [3.63, 3.8) is 0 Å². The van der Waals surface area contributed by atoms with E-state index in [0.717, 1.165) is 24.9 Å². The molecule has 5 nitrogen and oxygen atoms in total. The summed E-state index contributed by atoms with van der Waals surface area (Å²) in [6, 6.07) is 4.23. The number of carbonyl (C=O) groups excluding carboxylic acids is 1. The van der Waals surface area contributed by atoms with Gasteiger partial charge in [-0.15, -0.1) is 0 Å². The highest BCUT2D eigenvalue weighted by atomic mass is 16.6. The number of ether oxygens (including phenoxy) is 1. The monoisotopic (exact) mass is 291 g/mol. The van der Waals surface area contributed by atoms with Crippen molar-refractivity contribution in [2.75, 3.05) is 18.0 Å². The molecule has 1 atom stereocenters. The number of amides is 1. The molecule has 116 valence electrons. The highest BCUT2D eigenvalue weighted by Crippen LogP contribution is 2.30. The Kier molecular flexibility index (Phi) is 4.83. The Labute approximate surface area is 126 Å². The molecule has 0 bridgehead atoms. The highest BCUT2D eigenvalue weighted by Gasteiger charge is 2.27. The summed E-state index contributed by atoms with van der Waals surface area (Å²) in [5, 5.41) is 3.46. The van der Waals surface area contributed by atoms with Crippen LogP contribution >= 0.6 is 0 Å². The van der Waals surface area contributed by atoms with Gasteiger partial charge in [0.1, 0.15) is 11.4 Å². The molecule has 0 spiro atoms. The number of aromatic nitrogens is 1. The number of rotatable bonds is 3. The molecular formula is C16H25N3O2. The first-order valence-electron chi connectivity index (χ1n) is 7.61. The van der Waals surface area contributed by atoms with Gasteiger partial charge in [-0.1, -0.05) is 6.07 Å². The molecule has 1 aromatic heterocycles. The van der Waals surface area contributed by atoms with E-state index in [1.54, 1.807) is 11.1 Å². The van der Waals surface area contributed by atoms with Gasteiger partial charge in [-0.3, -0.25) is 4.90 Å². The van der Waals surface area contributed by atoms with Gasteiger partial charge >= 0.3 is 6.09 Å². The molecule has 0 aliphatic carbocycles. The van der Waals surface area contributed by atoms with Crippen LogP contribution in [-0.2, 0) is 4.74 Å². The Morgan fingerprint density at radius 3 is 2.86 bits per heavy atom. The van der Waals surface area contributed by atoms with E-state index in [9.17, 15) is 4.79 Å². The molecule has 1 aliphatic heterocycles. The van der Waals surface area contributed by atoms with Crippen LogP contribution in [0, 0.1) is 0 Å². The summed E-state index contributed by atoms with van der Waals surface area (Å²) in [4.78, 5) is 18.4. The quantitative estimate of drug-likeness (QED) is 0.928. The minimum atomic E-state index is -0.509. The summed E-state index contributed by atoms with van der Waals surface area (Å²) < 4.78 is 5.49. The third kappa shape index (κ3) is 3.94. The molecule has 2 rings (SSSR count). The molecule has 21 heavy (non-hydrogen) atoms. The van der Waals surface area contributed by atoms with Gasteiger partial charge in [0, 0.05) is 24.3 Å². The van der Waals surface area contributed by atoms with Gasteiger partial charge in [-0.2, -0.15) is 0 Å². The number of hydrogen-bond acceptors (Lipinski definition) is 4. The van der Waals surface area contributed by atoms with Crippen LogP contribution in [0.25, 0.3) is 0 Å².